The van der Waals surface area contributed by atoms with Gasteiger partial charge in [-0.2, -0.15) is 13.2 Å². The minimum absolute atomic E-state index is 0.248. The molecular formula is C21H24F3N3O2. The van der Waals surface area contributed by atoms with Crippen LogP contribution in [0.1, 0.15) is 16.7 Å². The molecule has 0 radical (unpaired) electrons. The molecule has 1 fully saturated rings. The van der Waals surface area contributed by atoms with E-state index in [2.05, 4.69) is 16.5 Å². The van der Waals surface area contributed by atoms with Crippen LogP contribution < -0.4 is 9.64 Å². The van der Waals surface area contributed by atoms with Crippen molar-refractivity contribution in [3.63, 3.8) is 0 Å². The fraction of sp³-hybridized carbons (Fsp3) is 0.381. The van der Waals surface area contributed by atoms with E-state index in [1.54, 1.807) is 19.3 Å². The van der Waals surface area contributed by atoms with E-state index in [1.807, 2.05) is 11.0 Å². The highest BCUT2D eigenvalue weighted by Crippen LogP contribution is 2.31. The average Bonchev–Trinajstić information content (AvgIpc) is 2.71. The Labute approximate surface area is 168 Å². The van der Waals surface area contributed by atoms with Gasteiger partial charge in [0.2, 0.25) is 0 Å². The molecule has 0 atom stereocenters. The molecule has 1 aliphatic heterocycles. The zero-order valence-electron chi connectivity index (χ0n) is 16.2. The molecule has 0 amide bonds. The molecule has 0 bridgehead atoms. The summed E-state index contributed by atoms with van der Waals surface area (Å²) in [5.74, 6) is 1.47. The molecule has 3 rings (SSSR count). The first-order valence-electron chi connectivity index (χ1n) is 9.32. The van der Waals surface area contributed by atoms with E-state index < -0.39 is 11.7 Å². The first-order chi connectivity index (χ1) is 13.8. The van der Waals surface area contributed by atoms with Crippen LogP contribution >= 0.6 is 0 Å². The summed E-state index contributed by atoms with van der Waals surface area (Å²) >= 11 is 0. The second kappa shape index (κ2) is 8.73. The lowest BCUT2D eigenvalue weighted by Crippen LogP contribution is -2.46. The van der Waals surface area contributed by atoms with Gasteiger partial charge in [-0.3, -0.25) is 4.90 Å². The highest BCUT2D eigenvalue weighted by molar-refractivity contribution is 5.47. The first-order valence-corrected chi connectivity index (χ1v) is 9.32. The molecule has 8 heteroatoms. The molecule has 1 aliphatic rings. The maximum absolute atomic E-state index is 12.7. The summed E-state index contributed by atoms with van der Waals surface area (Å²) in [5, 5.41) is 10.5. The minimum Gasteiger partial charge on any atom is -0.507 e. The third-order valence-corrected chi connectivity index (χ3v) is 5.01. The van der Waals surface area contributed by atoms with E-state index in [9.17, 15) is 18.3 Å². The molecule has 0 saturated carbocycles. The van der Waals surface area contributed by atoms with E-state index in [4.69, 9.17) is 4.74 Å². The van der Waals surface area contributed by atoms with Crippen molar-refractivity contribution in [1.82, 2.24) is 9.88 Å². The highest BCUT2D eigenvalue weighted by Gasteiger charge is 2.31. The second-order valence-electron chi connectivity index (χ2n) is 6.95. The Kier molecular flexibility index (Phi) is 6.32. The lowest BCUT2D eigenvalue weighted by atomic mass is 10.0. The average molecular weight is 407 g/mol. The second-order valence-corrected chi connectivity index (χ2v) is 6.95. The Balaban J connectivity index is 1.64. The summed E-state index contributed by atoms with van der Waals surface area (Å²) in [6.45, 7) is 6.97. The number of benzene rings is 1. The Morgan fingerprint density at radius 3 is 2.41 bits per heavy atom. The highest BCUT2D eigenvalue weighted by atomic mass is 19.4. The van der Waals surface area contributed by atoms with Crippen LogP contribution in [0.3, 0.4) is 0 Å². The van der Waals surface area contributed by atoms with Gasteiger partial charge in [-0.1, -0.05) is 6.08 Å². The van der Waals surface area contributed by atoms with Gasteiger partial charge < -0.3 is 14.7 Å². The normalized spacial score (nSPS) is 15.4. The number of aromatic nitrogens is 1. The summed E-state index contributed by atoms with van der Waals surface area (Å²) in [6.07, 6.45) is -1.23. The summed E-state index contributed by atoms with van der Waals surface area (Å²) in [5.41, 5.74) is 0.799. The molecule has 2 heterocycles. The van der Waals surface area contributed by atoms with Crippen molar-refractivity contribution in [3.8, 4) is 11.5 Å². The van der Waals surface area contributed by atoms with Crippen LogP contribution in [0.15, 0.2) is 43.1 Å². The zero-order chi connectivity index (χ0) is 21.0. The summed E-state index contributed by atoms with van der Waals surface area (Å²) in [7, 11) is 1.59. The number of halogens is 3. The fourth-order valence-electron chi connectivity index (χ4n) is 3.39. The summed E-state index contributed by atoms with van der Waals surface area (Å²) < 4.78 is 43.4. The number of phenols is 1. The summed E-state index contributed by atoms with van der Waals surface area (Å²) in [4.78, 5) is 8.12. The number of nitrogens with zero attached hydrogens (tertiary/aromatic N) is 3. The number of phenolic OH excluding ortho intramolecular Hbond substituents is 1. The van der Waals surface area contributed by atoms with Gasteiger partial charge in [0.25, 0.3) is 0 Å². The molecular weight excluding hydrogens is 383 g/mol. The standard InChI is InChI=1S/C21H24F3N3O2/c1-3-4-15-11-18(29-2)12-16(20(15)28)14-26-7-9-27(10-8-26)19-6-5-17(13-25-19)21(22,23)24/h3,5-6,11-13,28H,1,4,7-10,14H2,2H3. The van der Waals surface area contributed by atoms with Gasteiger partial charge in [0.15, 0.2) is 0 Å². The number of allylic oxidation sites excluding steroid dienone is 1. The van der Waals surface area contributed by atoms with Crippen molar-refractivity contribution in [2.45, 2.75) is 19.1 Å². The molecule has 0 aliphatic carbocycles. The van der Waals surface area contributed by atoms with Crippen molar-refractivity contribution >= 4 is 5.82 Å². The molecule has 29 heavy (non-hydrogen) atoms. The smallest absolute Gasteiger partial charge is 0.417 e. The molecule has 5 nitrogen and oxygen atoms in total. The Bertz CT molecular complexity index is 845. The molecule has 156 valence electrons. The van der Waals surface area contributed by atoms with Crippen molar-refractivity contribution in [2.75, 3.05) is 38.2 Å². The van der Waals surface area contributed by atoms with Crippen LogP contribution in [0, 0.1) is 0 Å². The third kappa shape index (κ3) is 5.00. The molecule has 2 aromatic rings. The van der Waals surface area contributed by atoms with Crippen LogP contribution in [0.2, 0.25) is 0 Å². The lowest BCUT2D eigenvalue weighted by Gasteiger charge is -2.35. The van der Waals surface area contributed by atoms with Crippen molar-refractivity contribution in [2.24, 2.45) is 0 Å². The molecule has 1 N–H and O–H groups in total. The number of anilines is 1. The molecule has 0 spiro atoms. The number of hydrogen-bond donors (Lipinski definition) is 1. The molecule has 0 unspecified atom stereocenters. The first kappa shape index (κ1) is 21.0. The van der Waals surface area contributed by atoms with Gasteiger partial charge in [-0.15, -0.1) is 6.58 Å². The van der Waals surface area contributed by atoms with E-state index in [0.29, 0.717) is 50.7 Å². The fourth-order valence-corrected chi connectivity index (χ4v) is 3.39. The van der Waals surface area contributed by atoms with Crippen LogP contribution in [0.25, 0.3) is 0 Å². The van der Waals surface area contributed by atoms with Crippen LogP contribution in [0.5, 0.6) is 11.5 Å². The predicted octanol–water partition coefficient (Wildman–Crippen LogP) is 3.87. The SMILES string of the molecule is C=CCc1cc(OC)cc(CN2CCN(c3ccc(C(F)(F)F)cn3)CC2)c1O. The monoisotopic (exact) mass is 407 g/mol. The van der Waals surface area contributed by atoms with Gasteiger partial charge in [0, 0.05) is 50.0 Å². The number of methoxy groups -OCH3 is 1. The van der Waals surface area contributed by atoms with Crippen molar-refractivity contribution < 1.29 is 23.0 Å². The number of rotatable bonds is 6. The largest absolute Gasteiger partial charge is 0.507 e. The maximum atomic E-state index is 12.7. The van der Waals surface area contributed by atoms with Crippen LogP contribution in [0.4, 0.5) is 19.0 Å². The third-order valence-electron chi connectivity index (χ3n) is 5.01. The zero-order valence-corrected chi connectivity index (χ0v) is 16.2. The van der Waals surface area contributed by atoms with E-state index >= 15 is 0 Å². The number of hydrogen-bond acceptors (Lipinski definition) is 5. The van der Waals surface area contributed by atoms with Crippen LogP contribution in [-0.4, -0.2) is 48.3 Å². The quantitative estimate of drug-likeness (QED) is 0.737. The van der Waals surface area contributed by atoms with Gasteiger partial charge in [0.1, 0.15) is 17.3 Å². The van der Waals surface area contributed by atoms with Gasteiger partial charge in [-0.05, 0) is 30.7 Å². The Morgan fingerprint density at radius 1 is 1.17 bits per heavy atom. The van der Waals surface area contributed by atoms with Crippen molar-refractivity contribution in [3.05, 3.63) is 59.8 Å². The predicted molar refractivity (Wildman–Crippen MR) is 105 cm³/mol. The van der Waals surface area contributed by atoms with E-state index in [0.717, 1.165) is 23.4 Å². The number of alkyl halides is 3. The number of ether oxygens (including phenoxy) is 1. The molecule has 1 saturated heterocycles. The van der Waals surface area contributed by atoms with Gasteiger partial charge >= 0.3 is 6.18 Å². The van der Waals surface area contributed by atoms with E-state index in [-0.39, 0.29) is 5.75 Å². The van der Waals surface area contributed by atoms with Gasteiger partial charge in [-0.25, -0.2) is 4.98 Å². The number of pyridine rings is 1. The maximum Gasteiger partial charge on any atom is 0.417 e. The number of aromatic hydroxyl groups is 1. The molecule has 1 aromatic carbocycles. The Hall–Kier alpha value is -2.74. The number of piperazine rings is 1. The van der Waals surface area contributed by atoms with E-state index in [1.165, 1.54) is 6.07 Å². The van der Waals surface area contributed by atoms with Gasteiger partial charge in [0.05, 0.1) is 12.7 Å². The van der Waals surface area contributed by atoms with Crippen LogP contribution in [-0.2, 0) is 19.1 Å². The minimum atomic E-state index is -4.38. The lowest BCUT2D eigenvalue weighted by molar-refractivity contribution is -0.137. The van der Waals surface area contributed by atoms with Crippen molar-refractivity contribution in [1.29, 1.82) is 0 Å². The topological polar surface area (TPSA) is 48.8 Å². The Morgan fingerprint density at radius 2 is 1.86 bits per heavy atom. The summed E-state index contributed by atoms with van der Waals surface area (Å²) in [6, 6.07) is 6.10. The molecule has 1 aromatic heterocycles.